The number of hydrogen-bond donors (Lipinski definition) is 1. The number of carbonyl (C=O) groups is 1. The van der Waals surface area contributed by atoms with Gasteiger partial charge >= 0.3 is 0 Å². The molecule has 2 rings (SSSR count). The van der Waals surface area contributed by atoms with Crippen molar-refractivity contribution in [2.45, 2.75) is 6.04 Å². The lowest BCUT2D eigenvalue weighted by Crippen LogP contribution is -2.56. The molecule has 2 aliphatic rings. The zero-order valence-electron chi connectivity index (χ0n) is 4.87. The molecule has 1 amide bonds. The topological polar surface area (TPSA) is 29.1 Å². The smallest absolute Gasteiger partial charge is 0.229 e. The van der Waals surface area contributed by atoms with E-state index in [-0.39, 0.29) is 11.8 Å². The van der Waals surface area contributed by atoms with E-state index in [1.165, 1.54) is 0 Å². The second-order valence-corrected chi connectivity index (χ2v) is 2.33. The van der Waals surface area contributed by atoms with Crippen molar-refractivity contribution >= 4 is 5.91 Å². The van der Waals surface area contributed by atoms with Crippen LogP contribution in [0.4, 0.5) is 0 Å². The molecule has 1 saturated heterocycles. The second kappa shape index (κ2) is 1.47. The highest BCUT2D eigenvalue weighted by molar-refractivity contribution is 5.88. The first-order valence-corrected chi connectivity index (χ1v) is 3.03. The first-order chi connectivity index (χ1) is 4.38. The molecule has 0 saturated carbocycles. The zero-order chi connectivity index (χ0) is 6.27. The van der Waals surface area contributed by atoms with Gasteiger partial charge in [0, 0.05) is 0 Å². The summed E-state index contributed by atoms with van der Waals surface area (Å²) in [5.74, 6) is 0.288. The van der Waals surface area contributed by atoms with Crippen LogP contribution in [0.3, 0.4) is 0 Å². The molecule has 46 valence electrons. The molecule has 9 heavy (non-hydrogen) atoms. The van der Waals surface area contributed by atoms with Gasteiger partial charge in [0.05, 0.1) is 12.0 Å². The molecular formula is C7H7NO. The normalized spacial score (nSPS) is 37.1. The minimum atomic E-state index is 0.134. The van der Waals surface area contributed by atoms with Gasteiger partial charge in [0.2, 0.25) is 5.91 Å². The minimum absolute atomic E-state index is 0.134. The predicted octanol–water partition coefficient (Wildman–Crippen LogP) is 0.227. The Labute approximate surface area is 53.2 Å². The van der Waals surface area contributed by atoms with Gasteiger partial charge in [-0.15, -0.1) is 0 Å². The number of β-lactam (4-membered cyclic amide) rings is 1. The van der Waals surface area contributed by atoms with Crippen molar-refractivity contribution in [2.75, 3.05) is 0 Å². The molecular weight excluding hydrogens is 114 g/mol. The molecule has 0 bridgehead atoms. The summed E-state index contributed by atoms with van der Waals surface area (Å²) < 4.78 is 0. The van der Waals surface area contributed by atoms with Gasteiger partial charge in [-0.1, -0.05) is 24.3 Å². The Morgan fingerprint density at radius 2 is 2.11 bits per heavy atom. The molecule has 2 atom stereocenters. The van der Waals surface area contributed by atoms with Crippen LogP contribution in [0.15, 0.2) is 24.3 Å². The van der Waals surface area contributed by atoms with Crippen LogP contribution in [-0.2, 0) is 4.79 Å². The Kier molecular flexibility index (Phi) is 0.781. The summed E-state index contributed by atoms with van der Waals surface area (Å²) in [6.07, 6.45) is 7.82. The Morgan fingerprint density at radius 1 is 1.33 bits per heavy atom. The molecule has 0 aromatic heterocycles. The van der Waals surface area contributed by atoms with E-state index < -0.39 is 0 Å². The fourth-order valence-corrected chi connectivity index (χ4v) is 1.16. The van der Waals surface area contributed by atoms with Gasteiger partial charge in [0.1, 0.15) is 0 Å². The molecule has 0 radical (unpaired) electrons. The van der Waals surface area contributed by atoms with E-state index in [0.29, 0.717) is 6.04 Å². The molecule has 1 aliphatic heterocycles. The Morgan fingerprint density at radius 3 is 2.67 bits per heavy atom. The summed E-state index contributed by atoms with van der Waals surface area (Å²) in [4.78, 5) is 10.7. The number of amides is 1. The molecule has 2 heteroatoms. The maximum atomic E-state index is 10.7. The van der Waals surface area contributed by atoms with Crippen LogP contribution >= 0.6 is 0 Å². The third-order valence-corrected chi connectivity index (χ3v) is 1.75. The van der Waals surface area contributed by atoms with E-state index >= 15 is 0 Å². The monoisotopic (exact) mass is 121 g/mol. The molecule has 0 aromatic carbocycles. The van der Waals surface area contributed by atoms with Crippen LogP contribution in [-0.4, -0.2) is 11.9 Å². The number of carbonyl (C=O) groups excluding carboxylic acids is 1. The molecule has 1 aliphatic carbocycles. The van der Waals surface area contributed by atoms with Crippen LogP contribution < -0.4 is 5.32 Å². The molecule has 1 heterocycles. The Hall–Kier alpha value is -1.05. The molecule has 1 N–H and O–H groups in total. The largest absolute Gasteiger partial charge is 0.348 e. The van der Waals surface area contributed by atoms with Crippen molar-refractivity contribution in [3.63, 3.8) is 0 Å². The van der Waals surface area contributed by atoms with Gasteiger partial charge in [-0.2, -0.15) is 0 Å². The van der Waals surface area contributed by atoms with Crippen molar-refractivity contribution in [1.29, 1.82) is 0 Å². The molecule has 0 aromatic rings. The van der Waals surface area contributed by atoms with Crippen molar-refractivity contribution in [2.24, 2.45) is 5.92 Å². The van der Waals surface area contributed by atoms with E-state index in [1.807, 2.05) is 24.3 Å². The van der Waals surface area contributed by atoms with Crippen molar-refractivity contribution in [3.05, 3.63) is 24.3 Å². The summed E-state index contributed by atoms with van der Waals surface area (Å²) in [6, 6.07) is 0.294. The maximum absolute atomic E-state index is 10.7. The van der Waals surface area contributed by atoms with Crippen LogP contribution in [0, 0.1) is 5.92 Å². The Bertz CT molecular complexity index is 205. The SMILES string of the molecule is O=C1NC2C=CC=CC12. The average Bonchev–Trinajstić information content (AvgIpc) is 1.86. The van der Waals surface area contributed by atoms with Gasteiger partial charge in [-0.25, -0.2) is 0 Å². The van der Waals surface area contributed by atoms with Gasteiger partial charge in [-0.05, 0) is 0 Å². The minimum Gasteiger partial charge on any atom is -0.348 e. The van der Waals surface area contributed by atoms with Gasteiger partial charge in [-0.3, -0.25) is 4.79 Å². The molecule has 2 nitrogen and oxygen atoms in total. The second-order valence-electron chi connectivity index (χ2n) is 2.33. The zero-order valence-corrected chi connectivity index (χ0v) is 4.87. The number of rotatable bonds is 0. The van der Waals surface area contributed by atoms with Crippen molar-refractivity contribution in [3.8, 4) is 0 Å². The fourth-order valence-electron chi connectivity index (χ4n) is 1.16. The number of allylic oxidation sites excluding steroid dienone is 2. The lowest BCUT2D eigenvalue weighted by Gasteiger charge is -2.33. The Balaban J connectivity index is 2.23. The summed E-state index contributed by atoms with van der Waals surface area (Å²) in [6.45, 7) is 0. The molecule has 2 unspecified atom stereocenters. The highest BCUT2D eigenvalue weighted by Gasteiger charge is 2.35. The molecule has 1 fully saturated rings. The average molecular weight is 121 g/mol. The lowest BCUT2D eigenvalue weighted by atomic mass is 9.87. The van der Waals surface area contributed by atoms with E-state index in [9.17, 15) is 4.79 Å². The lowest BCUT2D eigenvalue weighted by molar-refractivity contribution is -0.131. The van der Waals surface area contributed by atoms with Crippen molar-refractivity contribution < 1.29 is 4.79 Å². The summed E-state index contributed by atoms with van der Waals surface area (Å²) >= 11 is 0. The number of fused-ring (bicyclic) bond motifs is 1. The fraction of sp³-hybridized carbons (Fsp3) is 0.286. The van der Waals surface area contributed by atoms with Crippen LogP contribution in [0.2, 0.25) is 0 Å². The van der Waals surface area contributed by atoms with E-state index in [0.717, 1.165) is 0 Å². The van der Waals surface area contributed by atoms with E-state index in [4.69, 9.17) is 0 Å². The van der Waals surface area contributed by atoms with Gasteiger partial charge in [0.15, 0.2) is 0 Å². The van der Waals surface area contributed by atoms with Gasteiger partial charge in [0.25, 0.3) is 0 Å². The third-order valence-electron chi connectivity index (χ3n) is 1.75. The van der Waals surface area contributed by atoms with E-state index in [2.05, 4.69) is 5.32 Å². The first kappa shape index (κ1) is 4.79. The highest BCUT2D eigenvalue weighted by Crippen LogP contribution is 2.20. The van der Waals surface area contributed by atoms with Crippen LogP contribution in [0.1, 0.15) is 0 Å². The summed E-state index contributed by atoms with van der Waals surface area (Å²) in [5, 5.41) is 2.77. The highest BCUT2D eigenvalue weighted by atomic mass is 16.2. The number of nitrogens with one attached hydrogen (secondary N) is 1. The van der Waals surface area contributed by atoms with Crippen LogP contribution in [0.5, 0.6) is 0 Å². The predicted molar refractivity (Wildman–Crippen MR) is 33.7 cm³/mol. The molecule has 0 spiro atoms. The summed E-state index contributed by atoms with van der Waals surface area (Å²) in [5.41, 5.74) is 0. The van der Waals surface area contributed by atoms with Gasteiger partial charge < -0.3 is 5.32 Å². The van der Waals surface area contributed by atoms with Crippen molar-refractivity contribution in [1.82, 2.24) is 5.32 Å². The van der Waals surface area contributed by atoms with Crippen LogP contribution in [0.25, 0.3) is 0 Å². The van der Waals surface area contributed by atoms with E-state index in [1.54, 1.807) is 0 Å². The maximum Gasteiger partial charge on any atom is 0.229 e. The third kappa shape index (κ3) is 0.529. The standard InChI is InChI=1S/C7H7NO/c9-7-5-3-1-2-4-6(5)8-7/h1-6H,(H,8,9). The summed E-state index contributed by atoms with van der Waals surface area (Å²) in [7, 11) is 0. The number of hydrogen-bond acceptors (Lipinski definition) is 1. The first-order valence-electron chi connectivity index (χ1n) is 3.03. The quantitative estimate of drug-likeness (QED) is 0.456.